The normalized spacial score (nSPS) is 22.5. The van der Waals surface area contributed by atoms with Crippen molar-refractivity contribution in [2.24, 2.45) is 0 Å². The summed E-state index contributed by atoms with van der Waals surface area (Å²) in [5.41, 5.74) is 1.61. The zero-order valence-corrected chi connectivity index (χ0v) is 11.6. The lowest BCUT2D eigenvalue weighted by atomic mass is 9.84. The summed E-state index contributed by atoms with van der Waals surface area (Å²) < 4.78 is 6.18. The van der Waals surface area contributed by atoms with Crippen LogP contribution in [0.2, 0.25) is 0 Å². The predicted molar refractivity (Wildman–Crippen MR) is 73.3 cm³/mol. The Hall–Kier alpha value is -1.31. The summed E-state index contributed by atoms with van der Waals surface area (Å²) >= 11 is 0. The van der Waals surface area contributed by atoms with E-state index in [9.17, 15) is 4.79 Å². The minimum Gasteiger partial charge on any atom is -0.486 e. The van der Waals surface area contributed by atoms with Gasteiger partial charge in [-0.15, -0.1) is 0 Å². The van der Waals surface area contributed by atoms with Gasteiger partial charge in [-0.05, 0) is 38.3 Å². The minimum atomic E-state index is -0.269. The highest BCUT2D eigenvalue weighted by molar-refractivity contribution is 6.00. The number of ether oxygens (including phenoxy) is 1. The Kier molecular flexibility index (Phi) is 3.74. The molecule has 0 saturated heterocycles. The summed E-state index contributed by atoms with van der Waals surface area (Å²) in [5, 5.41) is 0. The molecule has 1 aliphatic heterocycles. The van der Waals surface area contributed by atoms with E-state index in [-0.39, 0.29) is 11.4 Å². The van der Waals surface area contributed by atoms with E-state index in [1.165, 1.54) is 0 Å². The highest BCUT2D eigenvalue weighted by Gasteiger charge is 2.38. The fourth-order valence-corrected chi connectivity index (χ4v) is 2.62. The number of fused-ring (bicyclic) bond motifs is 1. The van der Waals surface area contributed by atoms with Crippen molar-refractivity contribution in [2.45, 2.75) is 58.5 Å². The van der Waals surface area contributed by atoms with E-state index in [1.54, 1.807) is 0 Å². The van der Waals surface area contributed by atoms with Crippen LogP contribution in [0.5, 0.6) is 5.75 Å². The maximum absolute atomic E-state index is 12.3. The second-order valence-electron chi connectivity index (χ2n) is 5.34. The van der Waals surface area contributed by atoms with Crippen LogP contribution in [0.25, 0.3) is 0 Å². The smallest absolute Gasteiger partial charge is 0.170 e. The van der Waals surface area contributed by atoms with Crippen LogP contribution in [0.1, 0.15) is 61.9 Å². The molecule has 1 aromatic carbocycles. The molecule has 0 N–H and O–H groups in total. The van der Waals surface area contributed by atoms with Crippen molar-refractivity contribution in [3.8, 4) is 5.75 Å². The molecule has 2 rings (SSSR count). The quantitative estimate of drug-likeness (QED) is 0.791. The molecule has 1 aliphatic rings. The number of benzene rings is 1. The summed E-state index contributed by atoms with van der Waals surface area (Å²) in [6.45, 7) is 6.29. The van der Waals surface area contributed by atoms with Crippen LogP contribution in [0.4, 0.5) is 0 Å². The van der Waals surface area contributed by atoms with Gasteiger partial charge in [0.15, 0.2) is 5.78 Å². The summed E-state index contributed by atoms with van der Waals surface area (Å²) in [4.78, 5) is 12.3. The average molecular weight is 246 g/mol. The zero-order valence-electron chi connectivity index (χ0n) is 11.6. The van der Waals surface area contributed by atoms with Gasteiger partial charge < -0.3 is 4.74 Å². The van der Waals surface area contributed by atoms with Crippen molar-refractivity contribution in [1.82, 2.24) is 0 Å². The first-order valence-electron chi connectivity index (χ1n) is 6.93. The van der Waals surface area contributed by atoms with Crippen LogP contribution in [0.15, 0.2) is 18.2 Å². The topological polar surface area (TPSA) is 26.3 Å². The first-order chi connectivity index (χ1) is 8.60. The molecule has 2 heteroatoms. The number of unbranched alkanes of at least 4 members (excludes halogenated alkanes) is 1. The molecule has 1 aromatic rings. The van der Waals surface area contributed by atoms with Crippen LogP contribution < -0.4 is 4.74 Å². The van der Waals surface area contributed by atoms with Crippen LogP contribution in [-0.4, -0.2) is 11.4 Å². The highest BCUT2D eigenvalue weighted by Crippen LogP contribution is 2.38. The monoisotopic (exact) mass is 246 g/mol. The summed E-state index contributed by atoms with van der Waals surface area (Å²) in [5.74, 6) is 1.01. The second kappa shape index (κ2) is 5.13. The molecule has 18 heavy (non-hydrogen) atoms. The molecule has 0 saturated carbocycles. The maximum Gasteiger partial charge on any atom is 0.170 e. The average Bonchev–Trinajstić information content (AvgIpc) is 2.37. The Morgan fingerprint density at radius 2 is 2.11 bits per heavy atom. The van der Waals surface area contributed by atoms with Crippen molar-refractivity contribution in [1.29, 1.82) is 0 Å². The second-order valence-corrected chi connectivity index (χ2v) is 5.34. The molecule has 0 amide bonds. The number of Topliss-reactive ketones (excluding diaryl/α,β-unsaturated/α-hetero) is 1. The van der Waals surface area contributed by atoms with Gasteiger partial charge >= 0.3 is 0 Å². The third-order valence-corrected chi connectivity index (χ3v) is 3.87. The van der Waals surface area contributed by atoms with Gasteiger partial charge in [0.25, 0.3) is 0 Å². The Morgan fingerprint density at radius 3 is 2.78 bits per heavy atom. The van der Waals surface area contributed by atoms with Gasteiger partial charge in [0, 0.05) is 0 Å². The predicted octanol–water partition coefficient (Wildman–Crippen LogP) is 4.30. The van der Waals surface area contributed by atoms with Crippen molar-refractivity contribution >= 4 is 5.78 Å². The molecule has 0 aromatic heterocycles. The first kappa shape index (κ1) is 13.1. The lowest BCUT2D eigenvalue weighted by Gasteiger charge is -2.37. The van der Waals surface area contributed by atoms with E-state index < -0.39 is 0 Å². The lowest BCUT2D eigenvalue weighted by Crippen LogP contribution is -2.41. The van der Waals surface area contributed by atoms with Gasteiger partial charge in [0.1, 0.15) is 11.4 Å². The van der Waals surface area contributed by atoms with Crippen molar-refractivity contribution in [3.63, 3.8) is 0 Å². The van der Waals surface area contributed by atoms with Gasteiger partial charge in [-0.2, -0.15) is 0 Å². The molecule has 0 spiro atoms. The summed E-state index contributed by atoms with van der Waals surface area (Å²) in [7, 11) is 0. The Bertz CT molecular complexity index is 450. The van der Waals surface area contributed by atoms with Gasteiger partial charge in [-0.1, -0.05) is 31.9 Å². The first-order valence-corrected chi connectivity index (χ1v) is 6.93. The number of rotatable bonds is 4. The number of carbonyl (C=O) groups excluding carboxylic acids is 1. The van der Waals surface area contributed by atoms with E-state index in [1.807, 2.05) is 25.1 Å². The van der Waals surface area contributed by atoms with E-state index in [0.29, 0.717) is 6.42 Å². The SMILES string of the molecule is CCCCC1(CC)CC(=O)c2cc(C)ccc2O1. The maximum atomic E-state index is 12.3. The van der Waals surface area contributed by atoms with Crippen molar-refractivity contribution in [2.75, 3.05) is 0 Å². The van der Waals surface area contributed by atoms with Crippen LogP contribution in [-0.2, 0) is 0 Å². The summed E-state index contributed by atoms with van der Waals surface area (Å²) in [6.07, 6.45) is 4.65. The molecule has 0 bridgehead atoms. The fraction of sp³-hybridized carbons (Fsp3) is 0.562. The number of ketones is 1. The molecule has 0 aliphatic carbocycles. The van der Waals surface area contributed by atoms with E-state index in [4.69, 9.17) is 4.74 Å². The van der Waals surface area contributed by atoms with Gasteiger partial charge in [0.05, 0.1) is 12.0 Å². The fourth-order valence-electron chi connectivity index (χ4n) is 2.62. The molecule has 1 heterocycles. The molecule has 1 atom stereocenters. The van der Waals surface area contributed by atoms with Gasteiger partial charge in [0.2, 0.25) is 0 Å². The number of aryl methyl sites for hydroxylation is 1. The van der Waals surface area contributed by atoms with Crippen molar-refractivity contribution in [3.05, 3.63) is 29.3 Å². The number of carbonyl (C=O) groups is 1. The molecular weight excluding hydrogens is 224 g/mol. The van der Waals surface area contributed by atoms with Gasteiger partial charge in [-0.3, -0.25) is 4.79 Å². The van der Waals surface area contributed by atoms with Crippen molar-refractivity contribution < 1.29 is 9.53 Å². The molecule has 98 valence electrons. The molecule has 2 nitrogen and oxygen atoms in total. The van der Waals surface area contributed by atoms with E-state index in [0.717, 1.165) is 42.6 Å². The third kappa shape index (κ3) is 2.43. The lowest BCUT2D eigenvalue weighted by molar-refractivity contribution is 0.0300. The molecule has 1 unspecified atom stereocenters. The van der Waals surface area contributed by atoms with Crippen LogP contribution in [0.3, 0.4) is 0 Å². The standard InChI is InChI=1S/C16H22O2/c1-4-6-9-16(5-2)11-14(17)13-10-12(3)7-8-15(13)18-16/h7-8,10H,4-6,9,11H2,1-3H3. The van der Waals surface area contributed by atoms with Crippen LogP contribution >= 0.6 is 0 Å². The number of hydrogen-bond acceptors (Lipinski definition) is 2. The van der Waals surface area contributed by atoms with Gasteiger partial charge in [-0.25, -0.2) is 0 Å². The van der Waals surface area contributed by atoms with E-state index in [2.05, 4.69) is 13.8 Å². The minimum absolute atomic E-state index is 0.234. The molecule has 0 radical (unpaired) electrons. The largest absolute Gasteiger partial charge is 0.486 e. The molecular formula is C16H22O2. The Balaban J connectivity index is 2.31. The van der Waals surface area contributed by atoms with Crippen LogP contribution in [0, 0.1) is 6.92 Å². The third-order valence-electron chi connectivity index (χ3n) is 3.87. The zero-order chi connectivity index (χ0) is 13.2. The number of hydrogen-bond donors (Lipinski definition) is 0. The summed E-state index contributed by atoms with van der Waals surface area (Å²) in [6, 6.07) is 5.90. The Labute approximate surface area is 109 Å². The molecule has 0 fully saturated rings. The Morgan fingerprint density at radius 1 is 1.33 bits per heavy atom. The highest BCUT2D eigenvalue weighted by atomic mass is 16.5. The van der Waals surface area contributed by atoms with E-state index >= 15 is 0 Å².